The first-order valence-electron chi connectivity index (χ1n) is 7.66. The number of hydrogen-bond donors (Lipinski definition) is 1. The molecule has 0 bridgehead atoms. The lowest BCUT2D eigenvalue weighted by Gasteiger charge is -2.08. The molecule has 25 heavy (non-hydrogen) atoms. The summed E-state index contributed by atoms with van der Waals surface area (Å²) in [6.45, 7) is 2.04. The fourth-order valence-corrected chi connectivity index (χ4v) is 3.01. The van der Waals surface area contributed by atoms with Crippen molar-refractivity contribution in [1.29, 1.82) is 0 Å². The van der Waals surface area contributed by atoms with Gasteiger partial charge in [0.2, 0.25) is 0 Å². The molecule has 1 heterocycles. The number of carbonyl (C=O) groups is 1. The SMILES string of the molecule is COc1cc(OC)cc(C(=O)Nc2nc(-c3ccc(C)cc3)cs2)c1. The Morgan fingerprint density at radius 2 is 1.68 bits per heavy atom. The van der Waals surface area contributed by atoms with E-state index in [0.29, 0.717) is 22.2 Å². The van der Waals surface area contributed by atoms with Crippen LogP contribution in [-0.2, 0) is 0 Å². The quantitative estimate of drug-likeness (QED) is 0.738. The van der Waals surface area contributed by atoms with Crippen LogP contribution in [0.3, 0.4) is 0 Å². The monoisotopic (exact) mass is 354 g/mol. The zero-order valence-corrected chi connectivity index (χ0v) is 15.0. The van der Waals surface area contributed by atoms with Crippen molar-refractivity contribution < 1.29 is 14.3 Å². The Bertz CT molecular complexity index is 866. The van der Waals surface area contributed by atoms with E-state index in [9.17, 15) is 4.79 Å². The lowest BCUT2D eigenvalue weighted by Crippen LogP contribution is -2.12. The summed E-state index contributed by atoms with van der Waals surface area (Å²) in [5.74, 6) is 0.856. The van der Waals surface area contributed by atoms with E-state index in [1.54, 1.807) is 32.4 Å². The highest BCUT2D eigenvalue weighted by atomic mass is 32.1. The molecule has 0 fully saturated rings. The molecule has 0 atom stereocenters. The molecule has 0 radical (unpaired) electrons. The lowest BCUT2D eigenvalue weighted by molar-refractivity contribution is 0.102. The standard InChI is InChI=1S/C19H18N2O3S/c1-12-4-6-13(7-5-12)17-11-25-19(20-17)21-18(22)14-8-15(23-2)10-16(9-14)24-3/h4-11H,1-3H3,(H,20,21,22). The summed E-state index contributed by atoms with van der Waals surface area (Å²) >= 11 is 1.39. The molecule has 0 aliphatic rings. The molecule has 1 amide bonds. The van der Waals surface area contributed by atoms with Gasteiger partial charge in [-0.1, -0.05) is 29.8 Å². The van der Waals surface area contributed by atoms with Crippen LogP contribution in [0.5, 0.6) is 11.5 Å². The number of nitrogens with one attached hydrogen (secondary N) is 1. The van der Waals surface area contributed by atoms with Crippen molar-refractivity contribution in [3.05, 3.63) is 59.0 Å². The molecular weight excluding hydrogens is 336 g/mol. The van der Waals surface area contributed by atoms with E-state index < -0.39 is 0 Å². The molecule has 0 spiro atoms. The van der Waals surface area contributed by atoms with Gasteiger partial charge in [0, 0.05) is 22.6 Å². The Morgan fingerprint density at radius 1 is 1.04 bits per heavy atom. The van der Waals surface area contributed by atoms with E-state index in [4.69, 9.17) is 9.47 Å². The summed E-state index contributed by atoms with van der Waals surface area (Å²) in [5.41, 5.74) is 3.50. The fourth-order valence-electron chi connectivity index (χ4n) is 2.30. The Hall–Kier alpha value is -2.86. The number of aryl methyl sites for hydroxylation is 1. The summed E-state index contributed by atoms with van der Waals surface area (Å²) in [7, 11) is 3.09. The molecule has 1 N–H and O–H groups in total. The summed E-state index contributed by atoms with van der Waals surface area (Å²) < 4.78 is 10.4. The van der Waals surface area contributed by atoms with E-state index in [1.165, 1.54) is 16.9 Å². The first-order valence-corrected chi connectivity index (χ1v) is 8.54. The number of aromatic nitrogens is 1. The zero-order chi connectivity index (χ0) is 17.8. The predicted molar refractivity (Wildman–Crippen MR) is 99.8 cm³/mol. The van der Waals surface area contributed by atoms with E-state index in [0.717, 1.165) is 11.3 Å². The average Bonchev–Trinajstić information content (AvgIpc) is 3.10. The maximum atomic E-state index is 12.5. The van der Waals surface area contributed by atoms with Gasteiger partial charge in [0.05, 0.1) is 19.9 Å². The number of ether oxygens (including phenoxy) is 2. The van der Waals surface area contributed by atoms with Gasteiger partial charge in [-0.2, -0.15) is 0 Å². The highest BCUT2D eigenvalue weighted by molar-refractivity contribution is 7.14. The Morgan fingerprint density at radius 3 is 2.28 bits per heavy atom. The van der Waals surface area contributed by atoms with E-state index in [2.05, 4.69) is 10.3 Å². The molecule has 128 valence electrons. The van der Waals surface area contributed by atoms with E-state index in [1.807, 2.05) is 36.6 Å². The van der Waals surface area contributed by atoms with Crippen molar-refractivity contribution in [3.8, 4) is 22.8 Å². The highest BCUT2D eigenvalue weighted by Crippen LogP contribution is 2.27. The first-order chi connectivity index (χ1) is 12.1. The Kier molecular flexibility index (Phi) is 5.00. The van der Waals surface area contributed by atoms with Crippen molar-refractivity contribution in [2.24, 2.45) is 0 Å². The number of methoxy groups -OCH3 is 2. The summed E-state index contributed by atoms with van der Waals surface area (Å²) in [6, 6.07) is 13.1. The normalized spacial score (nSPS) is 10.4. The number of nitrogens with zero attached hydrogens (tertiary/aromatic N) is 1. The maximum Gasteiger partial charge on any atom is 0.257 e. The lowest BCUT2D eigenvalue weighted by atomic mass is 10.1. The van der Waals surface area contributed by atoms with Crippen LogP contribution in [0.25, 0.3) is 11.3 Å². The predicted octanol–water partition coefficient (Wildman–Crippen LogP) is 4.39. The maximum absolute atomic E-state index is 12.5. The van der Waals surface area contributed by atoms with Crippen molar-refractivity contribution >= 4 is 22.4 Å². The number of rotatable bonds is 5. The van der Waals surface area contributed by atoms with Gasteiger partial charge >= 0.3 is 0 Å². The summed E-state index contributed by atoms with van der Waals surface area (Å²) in [5, 5.41) is 5.29. The van der Waals surface area contributed by atoms with Crippen LogP contribution in [-0.4, -0.2) is 25.1 Å². The number of hydrogen-bond acceptors (Lipinski definition) is 5. The van der Waals surface area contributed by atoms with Gasteiger partial charge in [0.1, 0.15) is 11.5 Å². The Balaban J connectivity index is 1.79. The molecule has 1 aromatic heterocycles. The molecule has 6 heteroatoms. The zero-order valence-electron chi connectivity index (χ0n) is 14.2. The molecule has 0 saturated heterocycles. The number of amides is 1. The minimum Gasteiger partial charge on any atom is -0.497 e. The largest absolute Gasteiger partial charge is 0.497 e. The van der Waals surface area contributed by atoms with Crippen LogP contribution in [0.2, 0.25) is 0 Å². The topological polar surface area (TPSA) is 60.5 Å². The van der Waals surface area contributed by atoms with Gasteiger partial charge in [0.25, 0.3) is 5.91 Å². The second kappa shape index (κ2) is 7.36. The van der Waals surface area contributed by atoms with Gasteiger partial charge in [-0.25, -0.2) is 4.98 Å². The van der Waals surface area contributed by atoms with E-state index in [-0.39, 0.29) is 5.91 Å². The number of thiazole rings is 1. The van der Waals surface area contributed by atoms with Gasteiger partial charge < -0.3 is 9.47 Å². The molecule has 2 aromatic carbocycles. The van der Waals surface area contributed by atoms with Crippen LogP contribution in [0.15, 0.2) is 47.8 Å². The molecule has 3 rings (SSSR count). The van der Waals surface area contributed by atoms with Gasteiger partial charge in [0.15, 0.2) is 5.13 Å². The number of anilines is 1. The molecule has 5 nitrogen and oxygen atoms in total. The summed E-state index contributed by atoms with van der Waals surface area (Å²) in [6.07, 6.45) is 0. The highest BCUT2D eigenvalue weighted by Gasteiger charge is 2.12. The third-order valence-corrected chi connectivity index (χ3v) is 4.44. The van der Waals surface area contributed by atoms with Crippen molar-refractivity contribution in [3.63, 3.8) is 0 Å². The average molecular weight is 354 g/mol. The molecule has 0 saturated carbocycles. The van der Waals surface area contributed by atoms with Gasteiger partial charge in [-0.15, -0.1) is 11.3 Å². The van der Waals surface area contributed by atoms with Crippen molar-refractivity contribution in [2.45, 2.75) is 6.92 Å². The minimum atomic E-state index is -0.262. The fraction of sp³-hybridized carbons (Fsp3) is 0.158. The van der Waals surface area contributed by atoms with Gasteiger partial charge in [-0.3, -0.25) is 10.1 Å². The minimum absolute atomic E-state index is 0.262. The van der Waals surface area contributed by atoms with Gasteiger partial charge in [-0.05, 0) is 19.1 Å². The van der Waals surface area contributed by atoms with Crippen molar-refractivity contribution in [1.82, 2.24) is 4.98 Å². The summed E-state index contributed by atoms with van der Waals surface area (Å²) in [4.78, 5) is 17.0. The van der Waals surface area contributed by atoms with Crippen LogP contribution in [0.4, 0.5) is 5.13 Å². The van der Waals surface area contributed by atoms with Crippen LogP contribution < -0.4 is 14.8 Å². The number of carbonyl (C=O) groups excluding carboxylic acids is 1. The third kappa shape index (κ3) is 3.97. The second-order valence-electron chi connectivity index (χ2n) is 5.46. The van der Waals surface area contributed by atoms with Crippen molar-refractivity contribution in [2.75, 3.05) is 19.5 Å². The second-order valence-corrected chi connectivity index (χ2v) is 6.32. The molecule has 0 aliphatic heterocycles. The first kappa shape index (κ1) is 17.0. The molecule has 0 aliphatic carbocycles. The van der Waals surface area contributed by atoms with E-state index >= 15 is 0 Å². The Labute approximate surface area is 150 Å². The van der Waals surface area contributed by atoms with Crippen LogP contribution in [0.1, 0.15) is 15.9 Å². The molecule has 3 aromatic rings. The molecule has 0 unspecified atom stereocenters. The third-order valence-electron chi connectivity index (χ3n) is 3.69. The molecular formula is C19H18N2O3S. The smallest absolute Gasteiger partial charge is 0.257 e. The van der Waals surface area contributed by atoms with Crippen LogP contribution in [0, 0.1) is 6.92 Å². The van der Waals surface area contributed by atoms with Crippen LogP contribution >= 0.6 is 11.3 Å². The number of benzene rings is 2.